The van der Waals surface area contributed by atoms with Crippen LogP contribution in [0.25, 0.3) is 105 Å². The molecule has 3 heterocycles. The number of fused-ring (bicyclic) bond motifs is 9. The van der Waals surface area contributed by atoms with Crippen molar-refractivity contribution < 1.29 is 8.83 Å². The molecule has 2 aliphatic carbocycles. The second-order valence-corrected chi connectivity index (χ2v) is 19.7. The second kappa shape index (κ2) is 11.5. The highest BCUT2D eigenvalue weighted by Gasteiger charge is 2.40. The fourth-order valence-electron chi connectivity index (χ4n) is 11.6. The van der Waals surface area contributed by atoms with Gasteiger partial charge in [-0.15, -0.1) is 0 Å². The molecule has 294 valence electrons. The van der Waals surface area contributed by atoms with E-state index in [9.17, 15) is 0 Å². The maximum absolute atomic E-state index is 7.27. The molecule has 0 amide bonds. The summed E-state index contributed by atoms with van der Waals surface area (Å²) in [4.78, 5) is 0. The summed E-state index contributed by atoms with van der Waals surface area (Å²) in [5.74, 6) is 0. The molecule has 0 fully saturated rings. The van der Waals surface area contributed by atoms with E-state index in [4.69, 9.17) is 8.83 Å². The summed E-state index contributed by atoms with van der Waals surface area (Å²) in [7, 11) is 0. The molecule has 3 nitrogen and oxygen atoms in total. The standard InChI is InChI=1S/C58H45NO2/c1-56(2,3)42-31-40(55-52-50-35(19-14-24-47(50)61-55)32-15-12-16-34(29-32)57(4,5)53(42)52)37-26-25-33-30-41(37)58(6,7)54-45(27-28-48-51(54)49-36(33)20-13-23-46(49)60-48)59-43-21-10-8-17-38(43)39-18-9-11-22-44(39)59/h8-31H,1-7H3. The van der Waals surface area contributed by atoms with E-state index in [0.717, 1.165) is 27.9 Å². The van der Waals surface area contributed by atoms with Gasteiger partial charge >= 0.3 is 0 Å². The van der Waals surface area contributed by atoms with Gasteiger partial charge in [0.2, 0.25) is 0 Å². The van der Waals surface area contributed by atoms with E-state index in [1.165, 1.54) is 105 Å². The van der Waals surface area contributed by atoms with Crippen molar-refractivity contribution in [1.82, 2.24) is 4.57 Å². The molecule has 3 heteroatoms. The van der Waals surface area contributed by atoms with Crippen molar-refractivity contribution in [1.29, 1.82) is 0 Å². The zero-order valence-corrected chi connectivity index (χ0v) is 35.6. The maximum Gasteiger partial charge on any atom is 0.143 e. The van der Waals surface area contributed by atoms with Gasteiger partial charge in [-0.2, -0.15) is 0 Å². The lowest BCUT2D eigenvalue weighted by molar-refractivity contribution is 0.552. The van der Waals surface area contributed by atoms with Gasteiger partial charge in [0.15, 0.2) is 0 Å². The molecule has 0 saturated carbocycles. The largest absolute Gasteiger partial charge is 0.456 e. The Labute approximate surface area is 354 Å². The number of hydrogen-bond acceptors (Lipinski definition) is 2. The summed E-state index contributed by atoms with van der Waals surface area (Å²) < 4.78 is 16.6. The van der Waals surface area contributed by atoms with E-state index in [1.54, 1.807) is 0 Å². The number of para-hydroxylation sites is 2. The van der Waals surface area contributed by atoms with Crippen molar-refractivity contribution in [2.75, 3.05) is 0 Å². The number of hydrogen-bond donors (Lipinski definition) is 0. The van der Waals surface area contributed by atoms with E-state index in [-0.39, 0.29) is 10.8 Å². The van der Waals surface area contributed by atoms with E-state index in [0.29, 0.717) is 0 Å². The summed E-state index contributed by atoms with van der Waals surface area (Å²) >= 11 is 0. The number of aromatic nitrogens is 1. The van der Waals surface area contributed by atoms with Gasteiger partial charge in [0.05, 0.1) is 16.7 Å². The van der Waals surface area contributed by atoms with Gasteiger partial charge in [-0.25, -0.2) is 0 Å². The van der Waals surface area contributed by atoms with Crippen LogP contribution < -0.4 is 0 Å². The van der Waals surface area contributed by atoms with Gasteiger partial charge < -0.3 is 13.4 Å². The molecule has 0 aliphatic heterocycles. The Kier molecular flexibility index (Phi) is 6.59. The summed E-state index contributed by atoms with van der Waals surface area (Å²) in [6.45, 7) is 16.8. The molecule has 61 heavy (non-hydrogen) atoms. The van der Waals surface area contributed by atoms with E-state index >= 15 is 0 Å². The zero-order valence-electron chi connectivity index (χ0n) is 35.6. The lowest BCUT2D eigenvalue weighted by atomic mass is 9.66. The molecule has 2 aliphatic rings. The molecule has 3 aromatic heterocycles. The van der Waals surface area contributed by atoms with E-state index in [2.05, 4.69) is 199 Å². The van der Waals surface area contributed by atoms with Gasteiger partial charge in [0, 0.05) is 48.7 Å². The van der Waals surface area contributed by atoms with Gasteiger partial charge in [-0.1, -0.05) is 146 Å². The quantitative estimate of drug-likeness (QED) is 0.175. The highest BCUT2D eigenvalue weighted by atomic mass is 16.3. The van der Waals surface area contributed by atoms with Gasteiger partial charge in [0.25, 0.3) is 0 Å². The summed E-state index contributed by atoms with van der Waals surface area (Å²) in [6.07, 6.45) is 0. The number of furan rings is 2. The van der Waals surface area contributed by atoms with Crippen LogP contribution in [0.1, 0.15) is 76.3 Å². The zero-order chi connectivity index (χ0) is 41.3. The summed E-state index contributed by atoms with van der Waals surface area (Å²) in [5.41, 5.74) is 20.0. The molecule has 8 aromatic carbocycles. The van der Waals surface area contributed by atoms with Gasteiger partial charge in [-0.05, 0) is 110 Å². The van der Waals surface area contributed by atoms with Crippen LogP contribution >= 0.6 is 0 Å². The molecular weight excluding hydrogens is 743 g/mol. The predicted molar refractivity (Wildman–Crippen MR) is 255 cm³/mol. The average molecular weight is 788 g/mol. The smallest absolute Gasteiger partial charge is 0.143 e. The lowest BCUT2D eigenvalue weighted by Crippen LogP contribution is -2.27. The van der Waals surface area contributed by atoms with Crippen molar-refractivity contribution in [3.05, 3.63) is 173 Å². The van der Waals surface area contributed by atoms with Crippen LogP contribution in [0.15, 0.2) is 154 Å². The number of nitrogens with zero attached hydrogens (tertiary/aromatic N) is 1. The Bertz CT molecular complexity index is 3690. The fourth-order valence-corrected chi connectivity index (χ4v) is 11.6. The molecule has 0 N–H and O–H groups in total. The highest BCUT2D eigenvalue weighted by Crippen LogP contribution is 2.56. The topological polar surface area (TPSA) is 31.2 Å². The molecule has 0 radical (unpaired) electrons. The van der Waals surface area contributed by atoms with Crippen molar-refractivity contribution in [2.24, 2.45) is 0 Å². The minimum Gasteiger partial charge on any atom is -0.456 e. The van der Waals surface area contributed by atoms with Crippen LogP contribution in [-0.4, -0.2) is 4.57 Å². The van der Waals surface area contributed by atoms with Gasteiger partial charge in [-0.3, -0.25) is 0 Å². The number of rotatable bonds is 2. The predicted octanol–water partition coefficient (Wildman–Crippen LogP) is 16.2. The number of benzene rings is 8. The van der Waals surface area contributed by atoms with E-state index < -0.39 is 5.41 Å². The SMILES string of the molecule is CC(C)(C)c1cc(-c2ccc3cc2C(C)(C)c2c(-n4c5ccccc5c5ccccc54)ccc4oc5cccc-3c5c24)c2oc3cccc4c3c2c1C(C)(C)c1cccc-4c1. The molecule has 0 atom stereocenters. The monoisotopic (exact) mass is 787 g/mol. The van der Waals surface area contributed by atoms with Crippen LogP contribution in [0, 0.1) is 0 Å². The first-order valence-electron chi connectivity index (χ1n) is 21.7. The van der Waals surface area contributed by atoms with Crippen LogP contribution in [0.4, 0.5) is 0 Å². The van der Waals surface area contributed by atoms with E-state index in [1.807, 2.05) is 0 Å². The highest BCUT2D eigenvalue weighted by molar-refractivity contribution is 6.20. The molecule has 0 saturated heterocycles. The Morgan fingerprint density at radius 2 is 1.08 bits per heavy atom. The maximum atomic E-state index is 7.27. The Balaban J connectivity index is 1.19. The molecular formula is C58H45NO2. The second-order valence-electron chi connectivity index (χ2n) is 19.7. The normalized spacial score (nSPS) is 15.1. The Hall–Kier alpha value is -6.84. The van der Waals surface area contributed by atoms with Crippen LogP contribution in [0.5, 0.6) is 0 Å². The minimum atomic E-state index is -0.511. The minimum absolute atomic E-state index is 0.164. The fraction of sp³-hybridized carbons (Fsp3) is 0.172. The first kappa shape index (κ1) is 35.0. The molecule has 0 spiro atoms. The third-order valence-electron chi connectivity index (χ3n) is 14.5. The first-order chi connectivity index (χ1) is 29.4. The third-order valence-corrected chi connectivity index (χ3v) is 14.5. The molecule has 4 bridgehead atoms. The van der Waals surface area contributed by atoms with Crippen molar-refractivity contribution in [3.63, 3.8) is 0 Å². The summed E-state index contributed by atoms with van der Waals surface area (Å²) in [6, 6.07) is 54.1. The first-order valence-corrected chi connectivity index (χ1v) is 21.7. The van der Waals surface area contributed by atoms with Crippen LogP contribution in [0.3, 0.4) is 0 Å². The molecule has 11 aromatic rings. The Morgan fingerprint density at radius 1 is 0.459 bits per heavy atom. The summed E-state index contributed by atoms with van der Waals surface area (Å²) in [5, 5.41) is 7.29. The van der Waals surface area contributed by atoms with Crippen molar-refractivity contribution >= 4 is 65.7 Å². The molecule has 13 rings (SSSR count). The van der Waals surface area contributed by atoms with Crippen molar-refractivity contribution in [2.45, 2.75) is 64.7 Å². The molecule has 0 unspecified atom stereocenters. The van der Waals surface area contributed by atoms with Gasteiger partial charge in [0.1, 0.15) is 22.3 Å². The van der Waals surface area contributed by atoms with Crippen LogP contribution in [-0.2, 0) is 16.2 Å². The third kappa shape index (κ3) is 4.43. The lowest BCUT2D eigenvalue weighted by Gasteiger charge is -2.36. The average Bonchev–Trinajstić information content (AvgIpc) is 3.94. The Morgan fingerprint density at radius 3 is 1.79 bits per heavy atom. The van der Waals surface area contributed by atoms with Crippen LogP contribution in [0.2, 0.25) is 0 Å². The van der Waals surface area contributed by atoms with Crippen molar-refractivity contribution in [3.8, 4) is 39.1 Å².